The zero-order chi connectivity index (χ0) is 14.2. The van der Waals surface area contributed by atoms with Gasteiger partial charge < -0.3 is 10.1 Å². The molecule has 1 heterocycles. The van der Waals surface area contributed by atoms with Crippen LogP contribution in [0.3, 0.4) is 0 Å². The topological polar surface area (TPSA) is 38.3 Å². The van der Waals surface area contributed by atoms with Gasteiger partial charge in [-0.2, -0.15) is 0 Å². The summed E-state index contributed by atoms with van der Waals surface area (Å²) in [5, 5.41) is 2.89. The molecule has 1 aromatic carbocycles. The van der Waals surface area contributed by atoms with Crippen molar-refractivity contribution in [2.24, 2.45) is 0 Å². The molecule has 1 amide bonds. The zero-order valence-electron chi connectivity index (χ0n) is 11.1. The molecule has 1 aliphatic carbocycles. The van der Waals surface area contributed by atoms with Crippen molar-refractivity contribution in [1.82, 2.24) is 5.32 Å². The number of ether oxygens (including phenoxy) is 1. The van der Waals surface area contributed by atoms with Crippen LogP contribution >= 0.6 is 11.6 Å². The van der Waals surface area contributed by atoms with Gasteiger partial charge in [0, 0.05) is 12.0 Å². The van der Waals surface area contributed by atoms with Gasteiger partial charge >= 0.3 is 0 Å². The zero-order valence-corrected chi connectivity index (χ0v) is 11.9. The molecule has 1 spiro atoms. The van der Waals surface area contributed by atoms with E-state index in [0.717, 1.165) is 25.7 Å². The second-order valence-corrected chi connectivity index (χ2v) is 5.90. The van der Waals surface area contributed by atoms with Crippen molar-refractivity contribution >= 4 is 17.5 Å². The van der Waals surface area contributed by atoms with Gasteiger partial charge in [-0.25, -0.2) is 4.39 Å². The molecule has 108 valence electrons. The van der Waals surface area contributed by atoms with Crippen LogP contribution in [-0.4, -0.2) is 17.4 Å². The van der Waals surface area contributed by atoms with E-state index in [4.69, 9.17) is 16.3 Å². The summed E-state index contributed by atoms with van der Waals surface area (Å²) in [5.41, 5.74) is 0.496. The first kappa shape index (κ1) is 13.7. The lowest BCUT2D eigenvalue weighted by Gasteiger charge is -2.40. The van der Waals surface area contributed by atoms with E-state index >= 15 is 0 Å². The van der Waals surface area contributed by atoms with Gasteiger partial charge in [0.25, 0.3) is 0 Å². The third-order valence-corrected chi connectivity index (χ3v) is 4.46. The molecule has 0 radical (unpaired) electrons. The van der Waals surface area contributed by atoms with Crippen LogP contribution in [0.25, 0.3) is 0 Å². The maximum absolute atomic E-state index is 13.5. The largest absolute Gasteiger partial charge is 0.487 e. The number of benzene rings is 1. The summed E-state index contributed by atoms with van der Waals surface area (Å²) in [5.74, 6) is 0.0378. The Bertz CT molecular complexity index is 529. The standard InChI is InChI=1S/C15H17ClFNO2/c16-9-14(19)18-12-8-15(5-1-2-6-15)20-13-4-3-10(17)7-11(12)13/h3-4,7,12H,1-2,5-6,8-9H2,(H,18,19)/t12-/m0/s1. The number of fused-ring (bicyclic) bond motifs is 1. The summed E-state index contributed by atoms with van der Waals surface area (Å²) >= 11 is 5.56. The molecular formula is C15H17ClFNO2. The van der Waals surface area contributed by atoms with Crippen molar-refractivity contribution < 1.29 is 13.9 Å². The molecule has 0 unspecified atom stereocenters. The van der Waals surface area contributed by atoms with E-state index in [9.17, 15) is 9.18 Å². The number of nitrogens with one attached hydrogen (secondary N) is 1. The van der Waals surface area contributed by atoms with Crippen LogP contribution in [0, 0.1) is 5.82 Å². The van der Waals surface area contributed by atoms with Gasteiger partial charge in [0.15, 0.2) is 0 Å². The normalized spacial score (nSPS) is 23.2. The number of halogens is 2. The smallest absolute Gasteiger partial charge is 0.235 e. The van der Waals surface area contributed by atoms with Crippen LogP contribution in [0.5, 0.6) is 5.75 Å². The fourth-order valence-electron chi connectivity index (χ4n) is 3.33. The van der Waals surface area contributed by atoms with Crippen molar-refractivity contribution in [1.29, 1.82) is 0 Å². The molecule has 0 bridgehead atoms. The van der Waals surface area contributed by atoms with E-state index in [-0.39, 0.29) is 29.2 Å². The molecule has 2 aliphatic rings. The highest BCUT2D eigenvalue weighted by molar-refractivity contribution is 6.27. The van der Waals surface area contributed by atoms with Crippen LogP contribution in [0.4, 0.5) is 4.39 Å². The summed E-state index contributed by atoms with van der Waals surface area (Å²) in [7, 11) is 0. The minimum atomic E-state index is -0.320. The maximum Gasteiger partial charge on any atom is 0.235 e. The minimum absolute atomic E-state index is 0.0883. The molecule has 0 aromatic heterocycles. The van der Waals surface area contributed by atoms with Crippen LogP contribution in [0.1, 0.15) is 43.7 Å². The van der Waals surface area contributed by atoms with Crippen molar-refractivity contribution in [3.8, 4) is 5.75 Å². The number of rotatable bonds is 2. The molecule has 1 atom stereocenters. The fourth-order valence-corrected chi connectivity index (χ4v) is 3.41. The molecule has 1 saturated carbocycles. The number of carbonyl (C=O) groups excluding carboxylic acids is 1. The van der Waals surface area contributed by atoms with Crippen LogP contribution in [0.2, 0.25) is 0 Å². The first-order chi connectivity index (χ1) is 9.62. The predicted molar refractivity (Wildman–Crippen MR) is 74.4 cm³/mol. The second kappa shape index (κ2) is 5.24. The summed E-state index contributed by atoms with van der Waals surface area (Å²) in [4.78, 5) is 11.6. The third-order valence-electron chi connectivity index (χ3n) is 4.22. The summed E-state index contributed by atoms with van der Waals surface area (Å²) in [6.45, 7) is 0. The number of amides is 1. The van der Waals surface area contributed by atoms with Gasteiger partial charge in [-0.1, -0.05) is 0 Å². The van der Waals surface area contributed by atoms with Crippen LogP contribution < -0.4 is 10.1 Å². The van der Waals surface area contributed by atoms with E-state index in [1.807, 2.05) is 0 Å². The molecule has 3 nitrogen and oxygen atoms in total. The van der Waals surface area contributed by atoms with Gasteiger partial charge in [0.05, 0.1) is 6.04 Å². The Morgan fingerprint density at radius 2 is 2.20 bits per heavy atom. The SMILES string of the molecule is O=C(CCl)N[C@H]1CC2(CCCC2)Oc2ccc(F)cc21. The van der Waals surface area contributed by atoms with E-state index in [0.29, 0.717) is 17.7 Å². The average molecular weight is 298 g/mol. The van der Waals surface area contributed by atoms with Crippen molar-refractivity contribution in [3.05, 3.63) is 29.6 Å². The highest BCUT2D eigenvalue weighted by Gasteiger charge is 2.43. The van der Waals surface area contributed by atoms with Crippen molar-refractivity contribution in [3.63, 3.8) is 0 Å². The lowest BCUT2D eigenvalue weighted by molar-refractivity contribution is -0.120. The Morgan fingerprint density at radius 3 is 2.90 bits per heavy atom. The number of alkyl halides is 1. The quantitative estimate of drug-likeness (QED) is 0.851. The molecule has 0 saturated heterocycles. The Kier molecular flexibility index (Phi) is 3.59. The van der Waals surface area contributed by atoms with Crippen molar-refractivity contribution in [2.45, 2.75) is 43.7 Å². The van der Waals surface area contributed by atoms with Crippen molar-refractivity contribution in [2.75, 3.05) is 5.88 Å². The van der Waals surface area contributed by atoms with Gasteiger partial charge in [0.2, 0.25) is 5.91 Å². The summed E-state index contributed by atoms with van der Waals surface area (Å²) < 4.78 is 19.6. The van der Waals surface area contributed by atoms with E-state index in [2.05, 4.69) is 5.32 Å². The Balaban J connectivity index is 1.94. The Labute approximate surface area is 122 Å². The summed E-state index contributed by atoms with van der Waals surface area (Å²) in [6.07, 6.45) is 4.92. The second-order valence-electron chi connectivity index (χ2n) is 5.63. The Hall–Kier alpha value is -1.29. The van der Waals surface area contributed by atoms with E-state index < -0.39 is 0 Å². The number of hydrogen-bond acceptors (Lipinski definition) is 2. The highest BCUT2D eigenvalue weighted by Crippen LogP contribution is 2.47. The summed E-state index contributed by atoms with van der Waals surface area (Å²) in [6, 6.07) is 4.27. The Morgan fingerprint density at radius 1 is 1.45 bits per heavy atom. The van der Waals surface area contributed by atoms with Gasteiger partial charge in [0.1, 0.15) is 23.0 Å². The van der Waals surface area contributed by atoms with Crippen LogP contribution in [0.15, 0.2) is 18.2 Å². The van der Waals surface area contributed by atoms with Gasteiger partial charge in [-0.05, 0) is 43.9 Å². The molecule has 5 heteroatoms. The minimum Gasteiger partial charge on any atom is -0.487 e. The number of hydrogen-bond donors (Lipinski definition) is 1. The molecule has 1 N–H and O–H groups in total. The monoisotopic (exact) mass is 297 g/mol. The molecular weight excluding hydrogens is 281 g/mol. The molecule has 1 aliphatic heterocycles. The first-order valence-corrected chi connectivity index (χ1v) is 7.49. The molecule has 1 aromatic rings. The van der Waals surface area contributed by atoms with Gasteiger partial charge in [-0.3, -0.25) is 4.79 Å². The molecule has 3 rings (SSSR count). The molecule has 1 fully saturated rings. The average Bonchev–Trinajstić information content (AvgIpc) is 2.87. The number of carbonyl (C=O) groups is 1. The van der Waals surface area contributed by atoms with E-state index in [1.165, 1.54) is 12.1 Å². The predicted octanol–water partition coefficient (Wildman–Crippen LogP) is 3.32. The third kappa shape index (κ3) is 2.49. The highest BCUT2D eigenvalue weighted by atomic mass is 35.5. The lowest BCUT2D eigenvalue weighted by Crippen LogP contribution is -2.43. The lowest BCUT2D eigenvalue weighted by atomic mass is 9.86. The van der Waals surface area contributed by atoms with Gasteiger partial charge in [-0.15, -0.1) is 11.6 Å². The first-order valence-electron chi connectivity index (χ1n) is 6.96. The fraction of sp³-hybridized carbons (Fsp3) is 0.533. The van der Waals surface area contributed by atoms with Crippen LogP contribution in [-0.2, 0) is 4.79 Å². The van der Waals surface area contributed by atoms with E-state index in [1.54, 1.807) is 6.07 Å². The molecule has 20 heavy (non-hydrogen) atoms. The maximum atomic E-state index is 13.5.